The Balaban J connectivity index is 0.000000183. The monoisotopic (exact) mass is 494 g/mol. The van der Waals surface area contributed by atoms with Crippen LogP contribution in [0.25, 0.3) is 0 Å². The summed E-state index contributed by atoms with van der Waals surface area (Å²) in [6.07, 6.45) is 10.9. The molecule has 132 valence electrons. The van der Waals surface area contributed by atoms with Crippen LogP contribution in [0.15, 0.2) is 36.4 Å². The Bertz CT molecular complexity index is 447. The van der Waals surface area contributed by atoms with Gasteiger partial charge in [0, 0.05) is 0 Å². The number of hydrogen-bond acceptors (Lipinski definition) is 0. The van der Waals surface area contributed by atoms with E-state index in [-0.39, 0.29) is 0 Å². The van der Waals surface area contributed by atoms with Crippen molar-refractivity contribution in [1.29, 1.82) is 0 Å². The Morgan fingerprint density at radius 1 is 0.625 bits per heavy atom. The molecule has 6 heteroatoms. The molecule has 0 amide bonds. The molecule has 0 unspecified atom stereocenters. The first kappa shape index (κ1) is 22.2. The molecule has 0 nitrogen and oxygen atoms in total. The average Bonchev–Trinajstić information content (AvgIpc) is 3.26. The molecule has 0 fully saturated rings. The minimum atomic E-state index is -2.77. The molecular formula is C18H22F4Zr2-2. The van der Waals surface area contributed by atoms with E-state index in [0.717, 1.165) is 0 Å². The van der Waals surface area contributed by atoms with Crippen molar-refractivity contribution in [3.8, 4) is 0 Å². The molecule has 0 radical (unpaired) electrons. The molecule has 2 aromatic rings. The van der Waals surface area contributed by atoms with E-state index in [1.54, 1.807) is 22.3 Å². The van der Waals surface area contributed by atoms with Gasteiger partial charge in [0.2, 0.25) is 0 Å². The molecule has 0 saturated carbocycles. The summed E-state index contributed by atoms with van der Waals surface area (Å²) in [5.41, 5.74) is 6.39. The third-order valence-corrected chi connectivity index (χ3v) is 4.30. The van der Waals surface area contributed by atoms with Crippen molar-refractivity contribution in [2.24, 2.45) is 0 Å². The predicted molar refractivity (Wildman–Crippen MR) is 81.8 cm³/mol. The summed E-state index contributed by atoms with van der Waals surface area (Å²) >= 11 is -5.54. The molecule has 24 heavy (non-hydrogen) atoms. The smallest absolute Gasteiger partial charge is 0.0512 e. The van der Waals surface area contributed by atoms with E-state index in [2.05, 4.69) is 36.4 Å². The first-order valence-corrected chi connectivity index (χ1v) is 11.9. The van der Waals surface area contributed by atoms with Gasteiger partial charge in [0.15, 0.2) is 0 Å². The summed E-state index contributed by atoms with van der Waals surface area (Å²) in [5, 5.41) is 0. The van der Waals surface area contributed by atoms with Crippen molar-refractivity contribution in [1.82, 2.24) is 0 Å². The van der Waals surface area contributed by atoms with Crippen LogP contribution in [0.1, 0.15) is 47.9 Å². The van der Waals surface area contributed by atoms with E-state index in [0.29, 0.717) is 0 Å². The summed E-state index contributed by atoms with van der Waals surface area (Å²) in [6.45, 7) is 0. The van der Waals surface area contributed by atoms with E-state index in [1.165, 1.54) is 51.4 Å². The van der Waals surface area contributed by atoms with Gasteiger partial charge in [-0.05, 0) is 0 Å². The van der Waals surface area contributed by atoms with Gasteiger partial charge in [0.1, 0.15) is 0 Å². The van der Waals surface area contributed by atoms with Crippen molar-refractivity contribution in [2.75, 3.05) is 0 Å². The van der Waals surface area contributed by atoms with Crippen LogP contribution >= 0.6 is 0 Å². The zero-order chi connectivity index (χ0) is 17.6. The molecule has 0 spiro atoms. The zero-order valence-corrected chi connectivity index (χ0v) is 18.5. The molecule has 0 atom stereocenters. The number of fused-ring (bicyclic) bond motifs is 2. The summed E-state index contributed by atoms with van der Waals surface area (Å²) in [5.74, 6) is 0. The minimum absolute atomic E-state index is 1.32. The number of rotatable bonds is 0. The van der Waals surface area contributed by atoms with E-state index in [4.69, 9.17) is 0 Å². The van der Waals surface area contributed by atoms with Crippen LogP contribution in [0.5, 0.6) is 0 Å². The number of aryl methyl sites for hydroxylation is 4. The number of halogens is 4. The molecule has 0 aliphatic heterocycles. The quantitative estimate of drug-likeness (QED) is 0.299. The molecule has 0 N–H and O–H groups in total. The van der Waals surface area contributed by atoms with E-state index in [1.807, 2.05) is 0 Å². The average molecular weight is 497 g/mol. The Labute approximate surface area is 168 Å². The summed E-state index contributed by atoms with van der Waals surface area (Å²) in [6, 6.07) is 13.4. The molecule has 2 aromatic carbocycles. The fraction of sp³-hybridized carbons (Fsp3) is 0.444. The van der Waals surface area contributed by atoms with Gasteiger partial charge in [-0.25, -0.2) is 12.1 Å². The summed E-state index contributed by atoms with van der Waals surface area (Å²) in [7, 11) is 0. The minimum Gasteiger partial charge on any atom is -0.210 e. The van der Waals surface area contributed by atoms with Gasteiger partial charge in [-0.1, -0.05) is 51.4 Å². The van der Waals surface area contributed by atoms with Crippen molar-refractivity contribution in [2.45, 2.75) is 51.4 Å². The van der Waals surface area contributed by atoms with Crippen LogP contribution in [0.3, 0.4) is 0 Å². The maximum absolute atomic E-state index is 9.80. The Morgan fingerprint density at radius 3 is 1.29 bits per heavy atom. The van der Waals surface area contributed by atoms with Crippen LogP contribution in [0.4, 0.5) is 10.5 Å². The van der Waals surface area contributed by atoms with Crippen LogP contribution in [0.2, 0.25) is 0 Å². The third kappa shape index (κ3) is 8.52. The second-order valence-electron chi connectivity index (χ2n) is 5.71. The molecule has 0 aromatic heterocycles. The molecule has 2 aliphatic carbocycles. The van der Waals surface area contributed by atoms with Crippen molar-refractivity contribution >= 4 is 0 Å². The van der Waals surface area contributed by atoms with Crippen LogP contribution in [0, 0.1) is 0 Å². The summed E-state index contributed by atoms with van der Waals surface area (Å²) in [4.78, 5) is 0. The van der Waals surface area contributed by atoms with E-state index in [9.17, 15) is 10.5 Å². The fourth-order valence-electron chi connectivity index (χ4n) is 3.23. The van der Waals surface area contributed by atoms with Gasteiger partial charge in [0.25, 0.3) is 0 Å². The largest absolute Gasteiger partial charge is 0.210 e. The topological polar surface area (TPSA) is 0 Å². The molecule has 4 rings (SSSR count). The van der Waals surface area contributed by atoms with Crippen LogP contribution < -0.4 is 0 Å². The maximum atomic E-state index is 9.80. The van der Waals surface area contributed by atoms with Gasteiger partial charge in [-0.2, -0.15) is 46.5 Å². The van der Waals surface area contributed by atoms with E-state index < -0.39 is 48.9 Å². The van der Waals surface area contributed by atoms with E-state index >= 15 is 0 Å². The number of hydrogen-bond donors (Lipinski definition) is 0. The second kappa shape index (κ2) is 14.4. The Kier molecular flexibility index (Phi) is 13.3. The zero-order valence-electron chi connectivity index (χ0n) is 13.6. The van der Waals surface area contributed by atoms with Gasteiger partial charge in [-0.15, -0.1) is 0 Å². The first-order valence-electron chi connectivity index (χ1n) is 8.16. The fourth-order valence-corrected chi connectivity index (χ4v) is 3.23. The third-order valence-electron chi connectivity index (χ3n) is 4.30. The molecule has 0 bridgehead atoms. The van der Waals surface area contributed by atoms with Crippen molar-refractivity contribution in [3.63, 3.8) is 0 Å². The second-order valence-corrected chi connectivity index (χ2v) is 6.41. The Morgan fingerprint density at radius 2 is 0.958 bits per heavy atom. The predicted octanol–water partition coefficient (Wildman–Crippen LogP) is 6.24. The maximum Gasteiger partial charge on any atom is -0.0512 e. The van der Waals surface area contributed by atoms with Crippen molar-refractivity contribution < 1.29 is 59.4 Å². The van der Waals surface area contributed by atoms with Crippen LogP contribution in [-0.2, 0) is 74.6 Å². The SMILES string of the molecule is [F][Zr][F].[F][Zr][F].c1cc2c([cH-]1)CCCC2.c1cc2c([cH-]1)CCCC2. The summed E-state index contributed by atoms with van der Waals surface area (Å²) < 4.78 is 39.2. The molecule has 0 heterocycles. The molecule has 0 saturated heterocycles. The Hall–Kier alpha value is 0.186. The van der Waals surface area contributed by atoms with Crippen molar-refractivity contribution in [3.05, 3.63) is 58.7 Å². The molecule has 2 aliphatic rings. The van der Waals surface area contributed by atoms with Crippen LogP contribution in [-0.4, -0.2) is 0 Å². The van der Waals surface area contributed by atoms with Gasteiger partial charge in [-0.3, -0.25) is 0 Å². The standard InChI is InChI=1S/2C9H11.4FH.2Zr/c2*1-2-5-9-7-3-6-8(9)4-1;;;;;;/h2*3,6-7H,1-2,4-5H2;4*1H;;/q2*-1;;;;;2*+2/p-4. The molecular weight excluding hydrogens is 475 g/mol. The van der Waals surface area contributed by atoms with Gasteiger partial charge < -0.3 is 0 Å². The van der Waals surface area contributed by atoms with Gasteiger partial charge >= 0.3 is 59.4 Å². The van der Waals surface area contributed by atoms with Gasteiger partial charge in [0.05, 0.1) is 0 Å². The normalized spacial score (nSPS) is 14.2. The first-order chi connectivity index (χ1) is 11.8.